The van der Waals surface area contributed by atoms with E-state index < -0.39 is 10.0 Å². The van der Waals surface area contributed by atoms with Crippen LogP contribution in [0.1, 0.15) is 0 Å². The maximum Gasteiger partial charge on any atom is 0.261 e. The van der Waals surface area contributed by atoms with Gasteiger partial charge in [-0.3, -0.25) is 9.52 Å². The van der Waals surface area contributed by atoms with E-state index in [-0.39, 0.29) is 10.5 Å². The zero-order valence-electron chi connectivity index (χ0n) is 10.9. The summed E-state index contributed by atoms with van der Waals surface area (Å²) in [4.78, 5) is 14.1. The van der Waals surface area contributed by atoms with Crippen LogP contribution in [0.25, 0.3) is 10.9 Å². The second-order valence-electron chi connectivity index (χ2n) is 4.54. The number of benzene rings is 2. The molecule has 2 aromatic carbocycles. The number of anilines is 1. The molecule has 5 nitrogen and oxygen atoms in total. The monoisotopic (exact) mass is 300 g/mol. The molecule has 0 atom stereocenters. The summed E-state index contributed by atoms with van der Waals surface area (Å²) in [5.74, 6) is 0. The van der Waals surface area contributed by atoms with E-state index in [0.29, 0.717) is 11.2 Å². The molecule has 2 N–H and O–H groups in total. The van der Waals surface area contributed by atoms with Crippen molar-refractivity contribution in [3.8, 4) is 0 Å². The van der Waals surface area contributed by atoms with Gasteiger partial charge in [0.15, 0.2) is 0 Å². The second kappa shape index (κ2) is 5.06. The third-order valence-electron chi connectivity index (χ3n) is 3.03. The predicted octanol–water partition coefficient (Wildman–Crippen LogP) is 2.33. The SMILES string of the molecule is O=c1ccc2cc(NS(=O)(=O)c3ccccc3)ccc2[nH]1. The summed E-state index contributed by atoms with van der Waals surface area (Å²) in [5, 5.41) is 0.753. The number of hydrogen-bond acceptors (Lipinski definition) is 3. The zero-order chi connectivity index (χ0) is 14.9. The summed E-state index contributed by atoms with van der Waals surface area (Å²) in [6.07, 6.45) is 0. The van der Waals surface area contributed by atoms with Gasteiger partial charge in [0.2, 0.25) is 5.56 Å². The Bertz CT molecular complexity index is 947. The largest absolute Gasteiger partial charge is 0.322 e. The molecule has 1 aromatic heterocycles. The van der Waals surface area contributed by atoms with Gasteiger partial charge in [-0.1, -0.05) is 18.2 Å². The molecule has 6 heteroatoms. The minimum absolute atomic E-state index is 0.194. The fraction of sp³-hybridized carbons (Fsp3) is 0. The summed E-state index contributed by atoms with van der Waals surface area (Å²) >= 11 is 0. The number of rotatable bonds is 3. The Hall–Kier alpha value is -2.60. The van der Waals surface area contributed by atoms with Crippen LogP contribution in [0.2, 0.25) is 0 Å². The minimum atomic E-state index is -3.61. The summed E-state index contributed by atoms with van der Waals surface area (Å²) in [5.41, 5.74) is 0.906. The van der Waals surface area contributed by atoms with E-state index in [4.69, 9.17) is 0 Å². The van der Waals surface area contributed by atoms with Gasteiger partial charge >= 0.3 is 0 Å². The lowest BCUT2D eigenvalue weighted by Gasteiger charge is -2.08. The second-order valence-corrected chi connectivity index (χ2v) is 6.23. The molecule has 0 aliphatic carbocycles. The molecular weight excluding hydrogens is 288 g/mol. The van der Waals surface area contributed by atoms with Crippen LogP contribution in [-0.2, 0) is 10.0 Å². The Morgan fingerprint density at radius 1 is 0.905 bits per heavy atom. The Labute approximate surface area is 121 Å². The van der Waals surface area contributed by atoms with Crippen LogP contribution in [0, 0.1) is 0 Å². The standard InChI is InChI=1S/C15H12N2O3S/c18-15-9-6-11-10-12(7-8-14(11)16-15)17-21(19,20)13-4-2-1-3-5-13/h1-10,17H,(H,16,18). The molecule has 0 fully saturated rings. The van der Waals surface area contributed by atoms with Crippen molar-refractivity contribution in [2.45, 2.75) is 4.90 Å². The molecule has 3 aromatic rings. The van der Waals surface area contributed by atoms with Crippen LogP contribution >= 0.6 is 0 Å². The van der Waals surface area contributed by atoms with E-state index in [2.05, 4.69) is 9.71 Å². The van der Waals surface area contributed by atoms with E-state index in [1.165, 1.54) is 18.2 Å². The number of aromatic nitrogens is 1. The normalized spacial score (nSPS) is 11.4. The Morgan fingerprint density at radius 3 is 2.43 bits per heavy atom. The lowest BCUT2D eigenvalue weighted by molar-refractivity contribution is 0.601. The first kappa shape index (κ1) is 13.4. The Balaban J connectivity index is 1.98. The number of H-pyrrole nitrogens is 1. The van der Waals surface area contributed by atoms with Gasteiger partial charge in [-0.05, 0) is 36.4 Å². The fourth-order valence-electron chi connectivity index (χ4n) is 2.03. The highest BCUT2D eigenvalue weighted by Crippen LogP contribution is 2.19. The maximum atomic E-state index is 12.2. The van der Waals surface area contributed by atoms with Gasteiger partial charge in [-0.25, -0.2) is 8.42 Å². The molecule has 0 unspecified atom stereocenters. The van der Waals surface area contributed by atoms with Gasteiger partial charge in [-0.2, -0.15) is 0 Å². The number of fused-ring (bicyclic) bond motifs is 1. The summed E-state index contributed by atoms with van der Waals surface area (Å²) < 4.78 is 27.0. The van der Waals surface area contributed by atoms with Crippen LogP contribution in [0.5, 0.6) is 0 Å². The van der Waals surface area contributed by atoms with Crippen molar-refractivity contribution in [1.82, 2.24) is 4.98 Å². The molecule has 0 bridgehead atoms. The smallest absolute Gasteiger partial charge is 0.261 e. The average molecular weight is 300 g/mol. The van der Waals surface area contributed by atoms with Crippen molar-refractivity contribution < 1.29 is 8.42 Å². The highest BCUT2D eigenvalue weighted by atomic mass is 32.2. The third kappa shape index (κ3) is 2.80. The van der Waals surface area contributed by atoms with Crippen LogP contribution in [0.3, 0.4) is 0 Å². The van der Waals surface area contributed by atoms with E-state index in [1.807, 2.05) is 0 Å². The van der Waals surface area contributed by atoms with Crippen molar-refractivity contribution in [2.75, 3.05) is 4.72 Å². The first-order valence-corrected chi connectivity index (χ1v) is 7.74. The number of aromatic amines is 1. The molecule has 106 valence electrons. The minimum Gasteiger partial charge on any atom is -0.322 e. The molecule has 0 aliphatic rings. The molecule has 0 saturated heterocycles. The summed E-state index contributed by atoms with van der Waals surface area (Å²) in [6, 6.07) is 16.1. The lowest BCUT2D eigenvalue weighted by Crippen LogP contribution is -2.12. The molecule has 21 heavy (non-hydrogen) atoms. The molecule has 0 aliphatic heterocycles. The predicted molar refractivity (Wildman–Crippen MR) is 81.8 cm³/mol. The van der Waals surface area contributed by atoms with Gasteiger partial charge in [-0.15, -0.1) is 0 Å². The first-order chi connectivity index (χ1) is 10.0. The molecule has 3 rings (SSSR count). The van der Waals surface area contributed by atoms with E-state index in [9.17, 15) is 13.2 Å². The molecule has 0 amide bonds. The maximum absolute atomic E-state index is 12.2. The van der Waals surface area contributed by atoms with Crippen LogP contribution < -0.4 is 10.3 Å². The van der Waals surface area contributed by atoms with Crippen LogP contribution in [-0.4, -0.2) is 13.4 Å². The molecule has 0 radical (unpaired) electrons. The van der Waals surface area contributed by atoms with Crippen molar-refractivity contribution >= 4 is 26.6 Å². The van der Waals surface area contributed by atoms with Crippen molar-refractivity contribution in [1.29, 1.82) is 0 Å². The highest BCUT2D eigenvalue weighted by Gasteiger charge is 2.13. The number of hydrogen-bond donors (Lipinski definition) is 2. The van der Waals surface area contributed by atoms with E-state index >= 15 is 0 Å². The van der Waals surface area contributed by atoms with E-state index in [0.717, 1.165) is 5.39 Å². The average Bonchev–Trinajstić information content (AvgIpc) is 2.48. The Kier molecular flexibility index (Phi) is 3.23. The molecule has 0 spiro atoms. The molecule has 1 heterocycles. The number of pyridine rings is 1. The zero-order valence-corrected chi connectivity index (χ0v) is 11.7. The van der Waals surface area contributed by atoms with Crippen molar-refractivity contribution in [3.05, 3.63) is 71.0 Å². The van der Waals surface area contributed by atoms with Gasteiger partial charge in [0.25, 0.3) is 10.0 Å². The number of sulfonamides is 1. The fourth-order valence-corrected chi connectivity index (χ4v) is 3.10. The van der Waals surface area contributed by atoms with Gasteiger partial charge in [0.1, 0.15) is 0 Å². The van der Waals surface area contributed by atoms with Gasteiger partial charge in [0.05, 0.1) is 4.90 Å². The summed E-state index contributed by atoms with van der Waals surface area (Å²) in [7, 11) is -3.61. The van der Waals surface area contributed by atoms with Gasteiger partial charge in [0, 0.05) is 22.7 Å². The number of nitrogens with one attached hydrogen (secondary N) is 2. The quantitative estimate of drug-likeness (QED) is 0.779. The van der Waals surface area contributed by atoms with Gasteiger partial charge < -0.3 is 4.98 Å². The van der Waals surface area contributed by atoms with Crippen molar-refractivity contribution in [3.63, 3.8) is 0 Å². The summed E-state index contributed by atoms with van der Waals surface area (Å²) in [6.45, 7) is 0. The third-order valence-corrected chi connectivity index (χ3v) is 4.43. The topological polar surface area (TPSA) is 79.0 Å². The van der Waals surface area contributed by atoms with E-state index in [1.54, 1.807) is 42.5 Å². The molecular formula is C15H12N2O3S. The van der Waals surface area contributed by atoms with Crippen molar-refractivity contribution in [2.24, 2.45) is 0 Å². The lowest BCUT2D eigenvalue weighted by atomic mass is 10.2. The van der Waals surface area contributed by atoms with Crippen LogP contribution in [0.15, 0.2) is 70.4 Å². The van der Waals surface area contributed by atoms with Crippen LogP contribution in [0.4, 0.5) is 5.69 Å². The molecule has 0 saturated carbocycles. The highest BCUT2D eigenvalue weighted by molar-refractivity contribution is 7.92. The Morgan fingerprint density at radius 2 is 1.67 bits per heavy atom. The first-order valence-electron chi connectivity index (χ1n) is 6.26.